The molecule has 1 aromatic rings. The fourth-order valence-corrected chi connectivity index (χ4v) is 2.74. The van der Waals surface area contributed by atoms with Gasteiger partial charge >= 0.3 is 5.97 Å². The highest BCUT2D eigenvalue weighted by molar-refractivity contribution is 5.87. The first-order valence-electron chi connectivity index (χ1n) is 6.84. The predicted octanol–water partition coefficient (Wildman–Crippen LogP) is 0.811. The first-order valence-corrected chi connectivity index (χ1v) is 6.84. The highest BCUT2D eigenvalue weighted by atomic mass is 16.4. The van der Waals surface area contributed by atoms with Crippen LogP contribution in [0.3, 0.4) is 0 Å². The minimum absolute atomic E-state index is 0.165. The molecular weight excluding hydrogens is 244 g/mol. The fourth-order valence-electron chi connectivity index (χ4n) is 2.74. The van der Waals surface area contributed by atoms with Crippen LogP contribution in [0.5, 0.6) is 0 Å². The van der Waals surface area contributed by atoms with Gasteiger partial charge in [-0.3, -0.25) is 0 Å². The molecule has 0 amide bonds. The van der Waals surface area contributed by atoms with E-state index in [1.807, 2.05) is 0 Å². The molecule has 2 N–H and O–H groups in total. The summed E-state index contributed by atoms with van der Waals surface area (Å²) in [5.74, 6) is -0.363. The number of rotatable bonds is 2. The number of piperidine rings is 1. The minimum Gasteiger partial charge on any atom is -0.476 e. The second-order valence-corrected chi connectivity index (χ2v) is 5.08. The van der Waals surface area contributed by atoms with Crippen LogP contribution in [-0.4, -0.2) is 40.7 Å². The fraction of sp³-hybridized carbons (Fsp3) is 0.615. The lowest BCUT2D eigenvalue weighted by molar-refractivity contribution is 0.0688. The molecular formula is C13H18N4O2. The van der Waals surface area contributed by atoms with Crippen LogP contribution in [0, 0.1) is 0 Å². The van der Waals surface area contributed by atoms with Crippen LogP contribution in [0.4, 0.5) is 5.95 Å². The number of carboxylic acids is 1. The third kappa shape index (κ3) is 2.40. The second kappa shape index (κ2) is 5.13. The maximum absolute atomic E-state index is 11.4. The van der Waals surface area contributed by atoms with E-state index in [1.54, 1.807) is 0 Å². The second-order valence-electron chi connectivity index (χ2n) is 5.08. The Kier molecular flexibility index (Phi) is 3.33. The summed E-state index contributed by atoms with van der Waals surface area (Å²) in [4.78, 5) is 22.4. The summed E-state index contributed by atoms with van der Waals surface area (Å²) in [6.07, 6.45) is 4.27. The smallest absolute Gasteiger partial charge is 0.355 e. The average molecular weight is 262 g/mol. The van der Waals surface area contributed by atoms with Gasteiger partial charge in [0.25, 0.3) is 0 Å². The van der Waals surface area contributed by atoms with Gasteiger partial charge in [0.15, 0.2) is 5.69 Å². The van der Waals surface area contributed by atoms with Gasteiger partial charge in [0.05, 0.1) is 5.69 Å². The van der Waals surface area contributed by atoms with Crippen molar-refractivity contribution in [3.05, 3.63) is 17.0 Å². The Bertz CT molecular complexity index is 498. The van der Waals surface area contributed by atoms with Gasteiger partial charge in [-0.25, -0.2) is 14.8 Å². The molecule has 2 aliphatic rings. The lowest BCUT2D eigenvalue weighted by Gasteiger charge is -2.28. The Labute approximate surface area is 111 Å². The molecule has 0 aliphatic carbocycles. The lowest BCUT2D eigenvalue weighted by Crippen LogP contribution is -2.34. The van der Waals surface area contributed by atoms with Gasteiger partial charge in [-0.1, -0.05) is 0 Å². The molecule has 3 rings (SSSR count). The number of nitrogens with one attached hydrogen (secondary N) is 1. The molecule has 0 saturated carbocycles. The van der Waals surface area contributed by atoms with Crippen molar-refractivity contribution in [3.63, 3.8) is 0 Å². The van der Waals surface area contributed by atoms with E-state index in [4.69, 9.17) is 0 Å². The highest BCUT2D eigenvalue weighted by Gasteiger charge is 2.24. The van der Waals surface area contributed by atoms with Gasteiger partial charge in [0, 0.05) is 38.2 Å². The summed E-state index contributed by atoms with van der Waals surface area (Å²) in [7, 11) is 0. The van der Waals surface area contributed by atoms with Crippen LogP contribution in [0.1, 0.15) is 41.0 Å². The number of hydrogen-bond donors (Lipinski definition) is 2. The van der Waals surface area contributed by atoms with E-state index in [2.05, 4.69) is 20.2 Å². The van der Waals surface area contributed by atoms with E-state index in [0.717, 1.165) is 50.2 Å². The van der Waals surface area contributed by atoms with E-state index in [1.165, 1.54) is 6.42 Å². The van der Waals surface area contributed by atoms with Crippen molar-refractivity contribution in [3.8, 4) is 0 Å². The summed E-state index contributed by atoms with van der Waals surface area (Å²) in [6.45, 7) is 3.26. The van der Waals surface area contributed by atoms with Gasteiger partial charge in [0.2, 0.25) is 5.95 Å². The van der Waals surface area contributed by atoms with E-state index >= 15 is 0 Å². The van der Waals surface area contributed by atoms with E-state index in [0.29, 0.717) is 12.5 Å². The third-order valence-electron chi connectivity index (χ3n) is 3.76. The molecule has 1 saturated heterocycles. The number of aromatic carboxylic acids is 1. The molecule has 2 aliphatic heterocycles. The molecule has 0 radical (unpaired) electrons. The zero-order chi connectivity index (χ0) is 13.2. The van der Waals surface area contributed by atoms with Crippen molar-refractivity contribution in [2.75, 3.05) is 24.5 Å². The Morgan fingerprint density at radius 1 is 1.21 bits per heavy atom. The number of nitrogens with zero attached hydrogens (tertiary/aromatic N) is 3. The molecule has 6 heteroatoms. The number of carbonyl (C=O) groups is 1. The standard InChI is InChI=1S/C13H18N4O2/c18-12(19)11-9-8-14-5-4-10(9)15-13(16-11)17-6-2-1-3-7-17/h14H,1-8H2,(H,18,19). The lowest BCUT2D eigenvalue weighted by atomic mass is 10.1. The molecule has 0 spiro atoms. The Morgan fingerprint density at radius 3 is 2.74 bits per heavy atom. The average Bonchev–Trinajstić information content (AvgIpc) is 2.47. The van der Waals surface area contributed by atoms with Crippen LogP contribution in [0.15, 0.2) is 0 Å². The molecule has 6 nitrogen and oxygen atoms in total. The van der Waals surface area contributed by atoms with Crippen molar-refractivity contribution in [1.29, 1.82) is 0 Å². The Hall–Kier alpha value is -1.69. The van der Waals surface area contributed by atoms with Crippen molar-refractivity contribution in [1.82, 2.24) is 15.3 Å². The number of fused-ring (bicyclic) bond motifs is 1. The van der Waals surface area contributed by atoms with Crippen LogP contribution in [0.25, 0.3) is 0 Å². The normalized spacial score (nSPS) is 19.1. The van der Waals surface area contributed by atoms with Crippen molar-refractivity contribution in [2.45, 2.75) is 32.2 Å². The summed E-state index contributed by atoms with van der Waals surface area (Å²) < 4.78 is 0. The van der Waals surface area contributed by atoms with Gasteiger partial charge in [0.1, 0.15) is 0 Å². The van der Waals surface area contributed by atoms with Crippen molar-refractivity contribution < 1.29 is 9.90 Å². The predicted molar refractivity (Wildman–Crippen MR) is 70.5 cm³/mol. The molecule has 1 aromatic heterocycles. The summed E-state index contributed by atoms with van der Waals surface area (Å²) >= 11 is 0. The van der Waals surface area contributed by atoms with Crippen molar-refractivity contribution >= 4 is 11.9 Å². The zero-order valence-corrected chi connectivity index (χ0v) is 10.9. The molecule has 0 unspecified atom stereocenters. The van der Waals surface area contributed by atoms with Crippen LogP contribution in [-0.2, 0) is 13.0 Å². The van der Waals surface area contributed by atoms with Crippen LogP contribution < -0.4 is 10.2 Å². The number of anilines is 1. The maximum Gasteiger partial charge on any atom is 0.355 e. The van der Waals surface area contributed by atoms with Gasteiger partial charge in [-0.05, 0) is 19.3 Å². The van der Waals surface area contributed by atoms with Gasteiger partial charge in [-0.2, -0.15) is 0 Å². The van der Waals surface area contributed by atoms with E-state index in [-0.39, 0.29) is 5.69 Å². The third-order valence-corrected chi connectivity index (χ3v) is 3.76. The summed E-state index contributed by atoms with van der Waals surface area (Å²) in [5, 5.41) is 12.5. The number of carboxylic acid groups (broad SMARTS) is 1. The first kappa shape index (κ1) is 12.3. The molecule has 1 fully saturated rings. The maximum atomic E-state index is 11.4. The van der Waals surface area contributed by atoms with E-state index < -0.39 is 5.97 Å². The Morgan fingerprint density at radius 2 is 2.00 bits per heavy atom. The first-order chi connectivity index (χ1) is 9.25. The topological polar surface area (TPSA) is 78.3 Å². The molecule has 0 aromatic carbocycles. The highest BCUT2D eigenvalue weighted by Crippen LogP contribution is 2.22. The molecule has 0 atom stereocenters. The monoisotopic (exact) mass is 262 g/mol. The van der Waals surface area contributed by atoms with E-state index in [9.17, 15) is 9.90 Å². The number of aromatic nitrogens is 2. The Balaban J connectivity index is 2.00. The zero-order valence-electron chi connectivity index (χ0n) is 10.9. The summed E-state index contributed by atoms with van der Waals surface area (Å²) in [6, 6.07) is 0. The van der Waals surface area contributed by atoms with Crippen LogP contribution in [0.2, 0.25) is 0 Å². The molecule has 19 heavy (non-hydrogen) atoms. The molecule has 0 bridgehead atoms. The number of hydrogen-bond acceptors (Lipinski definition) is 5. The SMILES string of the molecule is O=C(O)c1nc(N2CCCCC2)nc2c1CNCC2. The minimum atomic E-state index is -0.958. The summed E-state index contributed by atoms with van der Waals surface area (Å²) in [5.41, 5.74) is 1.81. The van der Waals surface area contributed by atoms with Gasteiger partial charge in [-0.15, -0.1) is 0 Å². The quantitative estimate of drug-likeness (QED) is 0.821. The molecule has 3 heterocycles. The van der Waals surface area contributed by atoms with Gasteiger partial charge < -0.3 is 15.3 Å². The molecule has 102 valence electrons. The van der Waals surface area contributed by atoms with Crippen molar-refractivity contribution in [2.24, 2.45) is 0 Å². The van der Waals surface area contributed by atoms with Crippen LogP contribution >= 0.6 is 0 Å². The largest absolute Gasteiger partial charge is 0.476 e.